The van der Waals surface area contributed by atoms with Gasteiger partial charge in [-0.1, -0.05) is 0 Å². The van der Waals surface area contributed by atoms with E-state index in [0.29, 0.717) is 12.3 Å². The van der Waals surface area contributed by atoms with Crippen molar-refractivity contribution in [3.05, 3.63) is 36.0 Å². The zero-order chi connectivity index (χ0) is 12.3. The summed E-state index contributed by atoms with van der Waals surface area (Å²) in [5, 5.41) is 4.28. The van der Waals surface area contributed by atoms with Gasteiger partial charge in [0, 0.05) is 25.7 Å². The average Bonchev–Trinajstić information content (AvgIpc) is 2.75. The fourth-order valence-electron chi connectivity index (χ4n) is 1.57. The Morgan fingerprint density at radius 1 is 1.47 bits per heavy atom. The second-order valence-corrected chi connectivity index (χ2v) is 3.78. The van der Waals surface area contributed by atoms with Gasteiger partial charge in [-0.2, -0.15) is 5.10 Å². The van der Waals surface area contributed by atoms with Gasteiger partial charge < -0.3 is 10.5 Å². The molecule has 90 valence electrons. The maximum absolute atomic E-state index is 6.06. The Hall–Kier alpha value is -1.95. The molecule has 0 bridgehead atoms. The molecule has 0 radical (unpaired) electrons. The second-order valence-electron chi connectivity index (χ2n) is 3.78. The number of aryl methyl sites for hydroxylation is 1. The van der Waals surface area contributed by atoms with Gasteiger partial charge in [0.25, 0.3) is 0 Å². The van der Waals surface area contributed by atoms with Crippen molar-refractivity contribution in [3.63, 3.8) is 0 Å². The van der Waals surface area contributed by atoms with E-state index in [1.54, 1.807) is 17.9 Å². The molecule has 6 nitrogen and oxygen atoms in total. The quantitative estimate of drug-likeness (QED) is 0.830. The zero-order valence-corrected chi connectivity index (χ0v) is 9.87. The minimum atomic E-state index is -0.207. The molecule has 0 aliphatic heterocycles. The van der Waals surface area contributed by atoms with E-state index in [9.17, 15) is 0 Å². The van der Waals surface area contributed by atoms with Crippen molar-refractivity contribution in [2.75, 3.05) is 7.11 Å². The van der Waals surface area contributed by atoms with Crippen molar-refractivity contribution in [1.29, 1.82) is 0 Å². The van der Waals surface area contributed by atoms with Crippen LogP contribution in [0.15, 0.2) is 24.7 Å². The molecule has 0 saturated carbocycles. The molecule has 6 heteroatoms. The van der Waals surface area contributed by atoms with Gasteiger partial charge in [-0.15, -0.1) is 0 Å². The van der Waals surface area contributed by atoms with E-state index < -0.39 is 0 Å². The number of ether oxygens (including phenoxy) is 1. The summed E-state index contributed by atoms with van der Waals surface area (Å²) in [6.45, 7) is 0. The topological polar surface area (TPSA) is 78.9 Å². The Kier molecular flexibility index (Phi) is 3.34. The monoisotopic (exact) mass is 233 g/mol. The standard InChI is InChI=1S/C11H15N5O/c1-16-4-3-8(15-16)5-9(12)10-6-11(17-2)14-7-13-10/h3-4,6-7,9H,5,12H2,1-2H3. The lowest BCUT2D eigenvalue weighted by Gasteiger charge is -2.09. The maximum Gasteiger partial charge on any atom is 0.216 e. The Balaban J connectivity index is 2.11. The lowest BCUT2D eigenvalue weighted by atomic mass is 10.1. The summed E-state index contributed by atoms with van der Waals surface area (Å²) >= 11 is 0. The molecule has 0 spiro atoms. The van der Waals surface area contributed by atoms with Crippen molar-refractivity contribution in [2.24, 2.45) is 12.8 Å². The highest BCUT2D eigenvalue weighted by molar-refractivity contribution is 5.18. The molecule has 2 aromatic heterocycles. The van der Waals surface area contributed by atoms with Gasteiger partial charge in [0.15, 0.2) is 0 Å². The number of aromatic nitrogens is 4. The maximum atomic E-state index is 6.06. The second kappa shape index (κ2) is 4.92. The van der Waals surface area contributed by atoms with Crippen LogP contribution in [0, 0.1) is 0 Å². The third-order valence-electron chi connectivity index (χ3n) is 2.45. The predicted octanol–water partition coefficient (Wildman–Crippen LogP) is 0.461. The van der Waals surface area contributed by atoms with E-state index in [-0.39, 0.29) is 6.04 Å². The van der Waals surface area contributed by atoms with E-state index in [2.05, 4.69) is 15.1 Å². The fourth-order valence-corrected chi connectivity index (χ4v) is 1.57. The van der Waals surface area contributed by atoms with Crippen molar-refractivity contribution < 1.29 is 4.74 Å². The smallest absolute Gasteiger partial charge is 0.216 e. The van der Waals surface area contributed by atoms with Crippen LogP contribution >= 0.6 is 0 Å². The lowest BCUT2D eigenvalue weighted by molar-refractivity contribution is 0.395. The first-order valence-electron chi connectivity index (χ1n) is 5.29. The molecular weight excluding hydrogens is 218 g/mol. The van der Waals surface area contributed by atoms with Crippen LogP contribution in [-0.2, 0) is 13.5 Å². The largest absolute Gasteiger partial charge is 0.481 e. The van der Waals surface area contributed by atoms with Gasteiger partial charge >= 0.3 is 0 Å². The summed E-state index contributed by atoms with van der Waals surface area (Å²) in [5.74, 6) is 0.520. The molecule has 0 aliphatic rings. The van der Waals surface area contributed by atoms with Crippen LogP contribution in [0.1, 0.15) is 17.4 Å². The number of rotatable bonds is 4. The highest BCUT2D eigenvalue weighted by atomic mass is 16.5. The summed E-state index contributed by atoms with van der Waals surface area (Å²) in [4.78, 5) is 8.08. The summed E-state index contributed by atoms with van der Waals surface area (Å²) in [6, 6.07) is 3.48. The number of methoxy groups -OCH3 is 1. The average molecular weight is 233 g/mol. The van der Waals surface area contributed by atoms with Gasteiger partial charge in [0.05, 0.1) is 24.5 Å². The summed E-state index contributed by atoms with van der Waals surface area (Å²) in [5.41, 5.74) is 7.76. The van der Waals surface area contributed by atoms with E-state index in [1.165, 1.54) is 6.33 Å². The van der Waals surface area contributed by atoms with E-state index in [4.69, 9.17) is 10.5 Å². The predicted molar refractivity (Wildman–Crippen MR) is 62.4 cm³/mol. The third kappa shape index (κ3) is 2.79. The highest BCUT2D eigenvalue weighted by Crippen LogP contribution is 2.15. The van der Waals surface area contributed by atoms with E-state index in [0.717, 1.165) is 11.4 Å². The lowest BCUT2D eigenvalue weighted by Crippen LogP contribution is -2.15. The first-order valence-corrected chi connectivity index (χ1v) is 5.29. The first kappa shape index (κ1) is 11.5. The molecule has 2 aromatic rings. The van der Waals surface area contributed by atoms with Crippen LogP contribution in [-0.4, -0.2) is 26.9 Å². The zero-order valence-electron chi connectivity index (χ0n) is 9.87. The SMILES string of the molecule is COc1cc(C(N)Cc2ccn(C)n2)ncn1. The summed E-state index contributed by atoms with van der Waals surface area (Å²) < 4.78 is 6.79. The number of nitrogens with zero attached hydrogens (tertiary/aromatic N) is 4. The normalized spacial score (nSPS) is 12.4. The van der Waals surface area contributed by atoms with Gasteiger partial charge in [0.2, 0.25) is 5.88 Å². The Morgan fingerprint density at radius 2 is 2.29 bits per heavy atom. The fraction of sp³-hybridized carbons (Fsp3) is 0.364. The summed E-state index contributed by atoms with van der Waals surface area (Å²) in [6.07, 6.45) is 3.98. The number of hydrogen-bond donors (Lipinski definition) is 1. The van der Waals surface area contributed by atoms with Gasteiger partial charge in [-0.05, 0) is 6.07 Å². The minimum absolute atomic E-state index is 0.207. The Labute approximate surface area is 99.4 Å². The van der Waals surface area contributed by atoms with Crippen LogP contribution < -0.4 is 10.5 Å². The molecule has 0 saturated heterocycles. The molecular formula is C11H15N5O. The first-order chi connectivity index (χ1) is 8.19. The minimum Gasteiger partial charge on any atom is -0.481 e. The van der Waals surface area contributed by atoms with Crippen LogP contribution in [0.25, 0.3) is 0 Å². The number of hydrogen-bond acceptors (Lipinski definition) is 5. The molecule has 0 fully saturated rings. The van der Waals surface area contributed by atoms with Gasteiger partial charge in [-0.25, -0.2) is 9.97 Å². The molecule has 1 atom stereocenters. The summed E-state index contributed by atoms with van der Waals surface area (Å²) in [7, 11) is 3.44. The molecule has 0 amide bonds. The van der Waals surface area contributed by atoms with E-state index >= 15 is 0 Å². The van der Waals surface area contributed by atoms with Crippen molar-refractivity contribution in [2.45, 2.75) is 12.5 Å². The van der Waals surface area contributed by atoms with Crippen molar-refractivity contribution in [3.8, 4) is 5.88 Å². The molecule has 1 unspecified atom stereocenters. The Morgan fingerprint density at radius 3 is 2.94 bits per heavy atom. The third-order valence-corrected chi connectivity index (χ3v) is 2.45. The van der Waals surface area contributed by atoms with Crippen LogP contribution in [0.5, 0.6) is 5.88 Å². The molecule has 0 aromatic carbocycles. The molecule has 2 heterocycles. The van der Waals surface area contributed by atoms with Crippen LogP contribution in [0.4, 0.5) is 0 Å². The van der Waals surface area contributed by atoms with Gasteiger partial charge in [0.1, 0.15) is 6.33 Å². The highest BCUT2D eigenvalue weighted by Gasteiger charge is 2.11. The van der Waals surface area contributed by atoms with Crippen molar-refractivity contribution >= 4 is 0 Å². The number of nitrogens with two attached hydrogens (primary N) is 1. The van der Waals surface area contributed by atoms with Crippen molar-refractivity contribution in [1.82, 2.24) is 19.7 Å². The van der Waals surface area contributed by atoms with Crippen LogP contribution in [0.2, 0.25) is 0 Å². The van der Waals surface area contributed by atoms with E-state index in [1.807, 2.05) is 19.3 Å². The van der Waals surface area contributed by atoms with Crippen LogP contribution in [0.3, 0.4) is 0 Å². The Bertz CT molecular complexity index is 496. The van der Waals surface area contributed by atoms with Gasteiger partial charge in [-0.3, -0.25) is 4.68 Å². The molecule has 2 rings (SSSR count). The molecule has 2 N–H and O–H groups in total. The molecule has 17 heavy (non-hydrogen) atoms. The molecule has 0 aliphatic carbocycles.